The lowest BCUT2D eigenvalue weighted by Crippen LogP contribution is -2.42. The van der Waals surface area contributed by atoms with Crippen molar-refractivity contribution in [2.75, 3.05) is 26.3 Å². The van der Waals surface area contributed by atoms with Gasteiger partial charge in [0.05, 0.1) is 0 Å². The van der Waals surface area contributed by atoms with Crippen LogP contribution in [0.2, 0.25) is 0 Å². The number of aliphatic carboxylic acids is 1. The molecule has 2 aliphatic heterocycles. The summed E-state index contributed by atoms with van der Waals surface area (Å²) in [6.45, 7) is 2.74. The van der Waals surface area contributed by atoms with Crippen LogP contribution < -0.4 is 5.32 Å². The van der Waals surface area contributed by atoms with Crippen LogP contribution in [0, 0.1) is 5.92 Å². The van der Waals surface area contributed by atoms with Gasteiger partial charge in [-0.2, -0.15) is 0 Å². The van der Waals surface area contributed by atoms with Crippen molar-refractivity contribution in [3.63, 3.8) is 0 Å². The summed E-state index contributed by atoms with van der Waals surface area (Å²) in [4.78, 5) is 38.7. The predicted molar refractivity (Wildman–Crippen MR) is 103 cm³/mol. The second kappa shape index (κ2) is 9.68. The molecule has 0 radical (unpaired) electrons. The highest BCUT2D eigenvalue weighted by molar-refractivity contribution is 6.00. The van der Waals surface area contributed by atoms with E-state index < -0.39 is 17.9 Å². The molecule has 7 nitrogen and oxygen atoms in total. The minimum Gasteiger partial charge on any atom is -0.480 e. The van der Waals surface area contributed by atoms with Gasteiger partial charge in [0.1, 0.15) is 6.04 Å². The maximum Gasteiger partial charge on any atom is 0.326 e. The van der Waals surface area contributed by atoms with Crippen molar-refractivity contribution in [1.82, 2.24) is 10.2 Å². The molecule has 2 saturated heterocycles. The number of ether oxygens (including phenoxy) is 1. The van der Waals surface area contributed by atoms with Gasteiger partial charge in [-0.15, -0.1) is 0 Å². The number of carboxylic acid groups (broad SMARTS) is 1. The Balaban J connectivity index is 1.65. The molecule has 2 N–H and O–H groups in total. The number of benzene rings is 1. The minimum absolute atomic E-state index is 0.0775. The molecule has 7 heteroatoms. The summed E-state index contributed by atoms with van der Waals surface area (Å²) in [5.74, 6) is -1.36. The first-order valence-corrected chi connectivity index (χ1v) is 10.1. The van der Waals surface area contributed by atoms with Crippen LogP contribution >= 0.6 is 0 Å². The number of likely N-dealkylation sites (tertiary alicyclic amines) is 1. The fourth-order valence-electron chi connectivity index (χ4n) is 3.85. The third-order valence-electron chi connectivity index (χ3n) is 5.53. The first-order valence-electron chi connectivity index (χ1n) is 10.1. The van der Waals surface area contributed by atoms with Crippen molar-refractivity contribution in [2.24, 2.45) is 5.92 Å². The van der Waals surface area contributed by atoms with Gasteiger partial charge in [-0.25, -0.2) is 4.79 Å². The summed E-state index contributed by atoms with van der Waals surface area (Å²) >= 11 is 0. The molecule has 1 atom stereocenters. The number of carboxylic acids is 1. The Bertz CT molecular complexity index is 709. The van der Waals surface area contributed by atoms with Crippen LogP contribution in [0.1, 0.15) is 59.2 Å². The molecule has 0 spiro atoms. The van der Waals surface area contributed by atoms with Gasteiger partial charge in [-0.3, -0.25) is 9.59 Å². The van der Waals surface area contributed by atoms with E-state index in [4.69, 9.17) is 4.74 Å². The first-order chi connectivity index (χ1) is 13.5. The van der Waals surface area contributed by atoms with Gasteiger partial charge in [0.15, 0.2) is 0 Å². The average Bonchev–Trinajstić information content (AvgIpc) is 2.74. The van der Waals surface area contributed by atoms with E-state index in [1.54, 1.807) is 24.3 Å². The summed E-state index contributed by atoms with van der Waals surface area (Å²) in [5.41, 5.74) is 0.770. The Morgan fingerprint density at radius 1 is 1.11 bits per heavy atom. The Hall–Kier alpha value is -2.41. The van der Waals surface area contributed by atoms with E-state index in [0.717, 1.165) is 45.2 Å². The molecule has 2 fully saturated rings. The first kappa shape index (κ1) is 20.3. The van der Waals surface area contributed by atoms with E-state index in [2.05, 4.69) is 5.32 Å². The van der Waals surface area contributed by atoms with Crippen molar-refractivity contribution in [1.29, 1.82) is 0 Å². The number of hydrogen-bond acceptors (Lipinski definition) is 4. The van der Waals surface area contributed by atoms with Gasteiger partial charge in [0.2, 0.25) is 0 Å². The standard InChI is InChI=1S/C21H28N2O5/c24-19(22-18(21(26)27)13-15-7-11-28-12-8-15)16-5-4-6-17(14-16)20(25)23-9-2-1-3-10-23/h4-6,14-15,18H,1-3,7-13H2,(H,22,24)(H,26,27). The Labute approximate surface area is 165 Å². The molecule has 0 saturated carbocycles. The number of rotatable bonds is 6. The van der Waals surface area contributed by atoms with Crippen LogP contribution in [0.3, 0.4) is 0 Å². The Kier molecular flexibility index (Phi) is 7.03. The quantitative estimate of drug-likeness (QED) is 0.780. The van der Waals surface area contributed by atoms with E-state index in [9.17, 15) is 19.5 Å². The lowest BCUT2D eigenvalue weighted by Gasteiger charge is -2.27. The van der Waals surface area contributed by atoms with Gasteiger partial charge in [0.25, 0.3) is 11.8 Å². The topological polar surface area (TPSA) is 95.9 Å². The lowest BCUT2D eigenvalue weighted by molar-refractivity contribution is -0.140. The van der Waals surface area contributed by atoms with Crippen LogP contribution in [-0.2, 0) is 9.53 Å². The zero-order valence-corrected chi connectivity index (χ0v) is 16.1. The van der Waals surface area contributed by atoms with Crippen molar-refractivity contribution in [3.05, 3.63) is 35.4 Å². The fraction of sp³-hybridized carbons (Fsp3) is 0.571. The molecule has 2 aliphatic rings. The van der Waals surface area contributed by atoms with Crippen molar-refractivity contribution in [3.8, 4) is 0 Å². The fourth-order valence-corrected chi connectivity index (χ4v) is 3.85. The SMILES string of the molecule is O=C(NC(CC1CCOCC1)C(=O)O)c1cccc(C(=O)N2CCCCC2)c1. The van der Waals surface area contributed by atoms with Gasteiger partial charge in [-0.1, -0.05) is 6.07 Å². The molecule has 28 heavy (non-hydrogen) atoms. The molecule has 2 heterocycles. The number of piperidine rings is 1. The van der Waals surface area contributed by atoms with E-state index in [1.807, 2.05) is 4.90 Å². The van der Waals surface area contributed by atoms with Crippen molar-refractivity contribution in [2.45, 2.75) is 44.6 Å². The number of carbonyl (C=O) groups excluding carboxylic acids is 2. The van der Waals surface area contributed by atoms with Gasteiger partial charge >= 0.3 is 5.97 Å². The second-order valence-electron chi connectivity index (χ2n) is 7.59. The van der Waals surface area contributed by atoms with E-state index in [1.165, 1.54) is 0 Å². The van der Waals surface area contributed by atoms with E-state index >= 15 is 0 Å². The van der Waals surface area contributed by atoms with Crippen LogP contribution in [0.25, 0.3) is 0 Å². The monoisotopic (exact) mass is 388 g/mol. The third kappa shape index (κ3) is 5.32. The normalized spacial score (nSPS) is 19.1. The summed E-state index contributed by atoms with van der Waals surface area (Å²) in [7, 11) is 0. The summed E-state index contributed by atoms with van der Waals surface area (Å²) < 4.78 is 5.31. The molecule has 0 bridgehead atoms. The zero-order valence-electron chi connectivity index (χ0n) is 16.1. The van der Waals surface area contributed by atoms with Crippen LogP contribution in [0.4, 0.5) is 0 Å². The van der Waals surface area contributed by atoms with Crippen molar-refractivity contribution >= 4 is 17.8 Å². The molecule has 1 aromatic rings. The number of carbonyl (C=O) groups is 3. The molecular weight excluding hydrogens is 360 g/mol. The average molecular weight is 388 g/mol. The Morgan fingerprint density at radius 3 is 2.46 bits per heavy atom. The van der Waals surface area contributed by atoms with Gasteiger partial charge in [0, 0.05) is 37.4 Å². The second-order valence-corrected chi connectivity index (χ2v) is 7.59. The molecule has 0 aliphatic carbocycles. The Morgan fingerprint density at radius 2 is 1.79 bits per heavy atom. The summed E-state index contributed by atoms with van der Waals surface area (Å²) in [6, 6.07) is 5.58. The summed E-state index contributed by atoms with van der Waals surface area (Å²) in [6.07, 6.45) is 5.13. The zero-order chi connectivity index (χ0) is 19.9. The molecule has 152 valence electrons. The molecule has 2 amide bonds. The van der Waals surface area contributed by atoms with Gasteiger partial charge < -0.3 is 20.1 Å². The predicted octanol–water partition coefficient (Wildman–Crippen LogP) is 2.31. The number of nitrogens with one attached hydrogen (secondary N) is 1. The largest absolute Gasteiger partial charge is 0.480 e. The summed E-state index contributed by atoms with van der Waals surface area (Å²) in [5, 5.41) is 12.1. The lowest BCUT2D eigenvalue weighted by atomic mass is 9.92. The maximum absolute atomic E-state index is 12.7. The van der Waals surface area contributed by atoms with E-state index in [-0.39, 0.29) is 11.8 Å². The maximum atomic E-state index is 12.7. The highest BCUT2D eigenvalue weighted by Gasteiger charge is 2.26. The van der Waals surface area contributed by atoms with Crippen LogP contribution in [0.15, 0.2) is 24.3 Å². The number of hydrogen-bond donors (Lipinski definition) is 2. The molecule has 1 aromatic carbocycles. The van der Waals surface area contributed by atoms with Crippen molar-refractivity contribution < 1.29 is 24.2 Å². The molecular formula is C21H28N2O5. The molecule has 3 rings (SSSR count). The van der Waals surface area contributed by atoms with Crippen LogP contribution in [0.5, 0.6) is 0 Å². The number of amides is 2. The number of nitrogens with zero attached hydrogens (tertiary/aromatic N) is 1. The molecule has 1 unspecified atom stereocenters. The van der Waals surface area contributed by atoms with E-state index in [0.29, 0.717) is 30.8 Å². The highest BCUT2D eigenvalue weighted by Crippen LogP contribution is 2.21. The third-order valence-corrected chi connectivity index (χ3v) is 5.53. The minimum atomic E-state index is -1.04. The van der Waals surface area contributed by atoms with Crippen LogP contribution in [-0.4, -0.2) is 60.1 Å². The molecule has 0 aromatic heterocycles. The smallest absolute Gasteiger partial charge is 0.326 e. The highest BCUT2D eigenvalue weighted by atomic mass is 16.5. The van der Waals surface area contributed by atoms with Gasteiger partial charge in [-0.05, 0) is 62.6 Å².